The number of allylic oxidation sites excluding steroid dienone is 1. The number of thiazole rings is 1. The summed E-state index contributed by atoms with van der Waals surface area (Å²) >= 11 is 1.37. The van der Waals surface area contributed by atoms with Crippen molar-refractivity contribution in [2.24, 2.45) is 0 Å². The van der Waals surface area contributed by atoms with Gasteiger partial charge in [-0.15, -0.1) is 11.3 Å². The number of para-hydroxylation sites is 1. The van der Waals surface area contributed by atoms with Crippen molar-refractivity contribution in [2.45, 2.75) is 19.0 Å². The molecule has 0 bridgehead atoms. The summed E-state index contributed by atoms with van der Waals surface area (Å²) in [7, 11) is 0. The minimum atomic E-state index is -4.44. The third kappa shape index (κ3) is 4.29. The van der Waals surface area contributed by atoms with Crippen molar-refractivity contribution in [1.29, 1.82) is 0 Å². The van der Waals surface area contributed by atoms with Crippen molar-refractivity contribution in [1.82, 2.24) is 4.98 Å². The zero-order valence-electron chi connectivity index (χ0n) is 13.4. The lowest BCUT2D eigenvalue weighted by molar-refractivity contribution is -0.305. The molecule has 3 aromatic rings. The summed E-state index contributed by atoms with van der Waals surface area (Å²) in [6.07, 6.45) is -3.00. The van der Waals surface area contributed by atoms with Crippen molar-refractivity contribution in [3.63, 3.8) is 0 Å². The zero-order chi connectivity index (χ0) is 18.7. The van der Waals surface area contributed by atoms with Gasteiger partial charge in [0, 0.05) is 5.97 Å². The molecule has 0 aliphatic heterocycles. The number of benzene rings is 2. The molecule has 134 valence electrons. The summed E-state index contributed by atoms with van der Waals surface area (Å²) in [5.74, 6) is -1.22. The van der Waals surface area contributed by atoms with Crippen LogP contribution in [0, 0.1) is 0 Å². The van der Waals surface area contributed by atoms with Crippen LogP contribution in [0.15, 0.2) is 48.5 Å². The topological polar surface area (TPSA) is 53.0 Å². The second-order valence-electron chi connectivity index (χ2n) is 5.65. The lowest BCUT2D eigenvalue weighted by Crippen LogP contribution is -2.21. The predicted molar refractivity (Wildman–Crippen MR) is 93.2 cm³/mol. The van der Waals surface area contributed by atoms with Crippen LogP contribution >= 0.6 is 11.3 Å². The molecule has 0 atom stereocenters. The molecule has 0 aliphatic rings. The Morgan fingerprint density at radius 2 is 1.88 bits per heavy atom. The molecule has 7 heteroatoms. The standard InChI is InChI=1S/C19H14F3NO2S/c20-19(21,22)14-5-3-4-12(11-14)10-13(8-9-17(24)25)18-23-15-6-1-2-7-16(15)26-18/h1-7,10-11H,8-9H2,(H,24,25)/p-1/b13-10+. The highest BCUT2D eigenvalue weighted by Gasteiger charge is 2.30. The highest BCUT2D eigenvalue weighted by atomic mass is 32.1. The van der Waals surface area contributed by atoms with Crippen LogP contribution in [0.4, 0.5) is 13.2 Å². The Morgan fingerprint density at radius 1 is 1.12 bits per heavy atom. The van der Waals surface area contributed by atoms with Crippen molar-refractivity contribution in [2.75, 3.05) is 0 Å². The minimum absolute atomic E-state index is 0.123. The fourth-order valence-corrected chi connectivity index (χ4v) is 3.50. The quantitative estimate of drug-likeness (QED) is 0.664. The van der Waals surface area contributed by atoms with Crippen LogP contribution in [0.3, 0.4) is 0 Å². The molecule has 0 unspecified atom stereocenters. The van der Waals surface area contributed by atoms with Crippen LogP contribution in [0.2, 0.25) is 0 Å². The Bertz CT molecular complexity index is 943. The van der Waals surface area contributed by atoms with E-state index < -0.39 is 17.7 Å². The second-order valence-corrected chi connectivity index (χ2v) is 6.68. The first-order chi connectivity index (χ1) is 12.3. The van der Waals surface area contributed by atoms with Crippen LogP contribution in [-0.4, -0.2) is 11.0 Å². The Morgan fingerprint density at radius 3 is 2.58 bits per heavy atom. The molecule has 0 aliphatic carbocycles. The molecule has 0 N–H and O–H groups in total. The number of carboxylic acids is 1. The first-order valence-electron chi connectivity index (χ1n) is 7.76. The van der Waals surface area contributed by atoms with Gasteiger partial charge in [-0.25, -0.2) is 4.98 Å². The maximum absolute atomic E-state index is 12.9. The number of aliphatic carboxylic acids is 1. The number of carboxylic acid groups (broad SMARTS) is 1. The third-order valence-corrected chi connectivity index (χ3v) is 4.83. The van der Waals surface area contributed by atoms with Gasteiger partial charge < -0.3 is 9.90 Å². The minimum Gasteiger partial charge on any atom is -0.550 e. The van der Waals surface area contributed by atoms with E-state index in [2.05, 4.69) is 4.98 Å². The van der Waals surface area contributed by atoms with Crippen molar-refractivity contribution in [3.05, 3.63) is 64.7 Å². The monoisotopic (exact) mass is 376 g/mol. The Kier molecular flexibility index (Phi) is 5.08. The molecular formula is C19H13F3NO2S-. The van der Waals surface area contributed by atoms with Crippen molar-refractivity contribution >= 4 is 39.2 Å². The number of hydrogen-bond acceptors (Lipinski definition) is 4. The van der Waals surface area contributed by atoms with Crippen molar-refractivity contribution < 1.29 is 23.1 Å². The highest BCUT2D eigenvalue weighted by Crippen LogP contribution is 2.33. The van der Waals surface area contributed by atoms with E-state index in [1.165, 1.54) is 17.4 Å². The molecule has 26 heavy (non-hydrogen) atoms. The third-order valence-electron chi connectivity index (χ3n) is 3.72. The van der Waals surface area contributed by atoms with E-state index in [4.69, 9.17) is 0 Å². The molecule has 0 saturated heterocycles. The summed E-state index contributed by atoms with van der Waals surface area (Å²) in [4.78, 5) is 15.3. The van der Waals surface area contributed by atoms with Gasteiger partial charge in [0.15, 0.2) is 0 Å². The van der Waals surface area contributed by atoms with Crippen LogP contribution in [0.5, 0.6) is 0 Å². The van der Waals surface area contributed by atoms with Crippen LogP contribution in [0.25, 0.3) is 21.9 Å². The largest absolute Gasteiger partial charge is 0.550 e. The van der Waals surface area contributed by atoms with Gasteiger partial charge >= 0.3 is 6.18 Å². The summed E-state index contributed by atoms with van der Waals surface area (Å²) < 4.78 is 39.6. The zero-order valence-corrected chi connectivity index (χ0v) is 14.2. The van der Waals surface area contributed by atoms with Gasteiger partial charge in [0.25, 0.3) is 0 Å². The van der Waals surface area contributed by atoms with Crippen molar-refractivity contribution in [3.8, 4) is 0 Å². The lowest BCUT2D eigenvalue weighted by Gasteiger charge is -2.09. The van der Waals surface area contributed by atoms with Gasteiger partial charge in [-0.3, -0.25) is 0 Å². The van der Waals surface area contributed by atoms with Gasteiger partial charge in [-0.2, -0.15) is 13.2 Å². The number of nitrogens with zero attached hydrogens (tertiary/aromatic N) is 1. The van der Waals surface area contributed by atoms with E-state index in [0.717, 1.165) is 22.3 Å². The molecule has 0 saturated carbocycles. The summed E-state index contributed by atoms with van der Waals surface area (Å²) in [6, 6.07) is 12.3. The molecular weight excluding hydrogens is 363 g/mol. The predicted octanol–water partition coefficient (Wildman–Crippen LogP) is 4.39. The molecule has 1 heterocycles. The number of rotatable bonds is 5. The average Bonchev–Trinajstić information content (AvgIpc) is 3.02. The fraction of sp³-hybridized carbons (Fsp3) is 0.158. The number of carbonyl (C=O) groups is 1. The molecule has 3 nitrogen and oxygen atoms in total. The second kappa shape index (κ2) is 7.29. The molecule has 2 aromatic carbocycles. The number of halogens is 3. The fourth-order valence-electron chi connectivity index (χ4n) is 2.49. The van der Waals surface area contributed by atoms with Crippen LogP contribution < -0.4 is 5.11 Å². The van der Waals surface area contributed by atoms with E-state index in [1.54, 1.807) is 12.1 Å². The van der Waals surface area contributed by atoms with Crippen LogP contribution in [-0.2, 0) is 11.0 Å². The van der Waals surface area contributed by atoms with Crippen LogP contribution in [0.1, 0.15) is 29.0 Å². The number of fused-ring (bicyclic) bond motifs is 1. The molecule has 0 spiro atoms. The Labute approximate surface area is 151 Å². The molecule has 0 fully saturated rings. The van der Waals surface area contributed by atoms with Gasteiger partial charge in [0.2, 0.25) is 0 Å². The van der Waals surface area contributed by atoms with E-state index in [-0.39, 0.29) is 12.8 Å². The maximum Gasteiger partial charge on any atom is 0.416 e. The lowest BCUT2D eigenvalue weighted by atomic mass is 10.0. The number of carbonyl (C=O) groups excluding carboxylic acids is 1. The average molecular weight is 376 g/mol. The number of hydrogen-bond donors (Lipinski definition) is 0. The van der Waals surface area contributed by atoms with E-state index >= 15 is 0 Å². The normalized spacial score (nSPS) is 12.5. The molecule has 3 rings (SSSR count). The van der Waals surface area contributed by atoms with Gasteiger partial charge in [-0.05, 0) is 54.3 Å². The maximum atomic E-state index is 12.9. The molecule has 0 amide bonds. The van der Waals surface area contributed by atoms with Gasteiger partial charge in [-0.1, -0.05) is 24.3 Å². The number of aromatic nitrogens is 1. The smallest absolute Gasteiger partial charge is 0.416 e. The first-order valence-corrected chi connectivity index (χ1v) is 8.58. The van der Waals surface area contributed by atoms with E-state index in [0.29, 0.717) is 16.1 Å². The SMILES string of the molecule is O=C([O-])CC/C(=C\c1cccc(C(F)(F)F)c1)c1nc2ccccc2s1. The van der Waals surface area contributed by atoms with Gasteiger partial charge in [0.1, 0.15) is 5.01 Å². The summed E-state index contributed by atoms with van der Waals surface area (Å²) in [5, 5.41) is 11.4. The summed E-state index contributed by atoms with van der Waals surface area (Å²) in [6.45, 7) is 0. The molecule has 1 aromatic heterocycles. The Balaban J connectivity index is 2.03. The van der Waals surface area contributed by atoms with Gasteiger partial charge in [0.05, 0.1) is 15.8 Å². The molecule has 0 radical (unpaired) electrons. The van der Waals surface area contributed by atoms with E-state index in [1.807, 2.05) is 24.3 Å². The number of alkyl halides is 3. The Hall–Kier alpha value is -2.67. The van der Waals surface area contributed by atoms with E-state index in [9.17, 15) is 23.1 Å². The highest BCUT2D eigenvalue weighted by molar-refractivity contribution is 7.19. The first kappa shape index (κ1) is 18.1. The summed E-state index contributed by atoms with van der Waals surface area (Å²) in [5.41, 5.74) is 0.910.